The summed E-state index contributed by atoms with van der Waals surface area (Å²) in [4.78, 5) is 24.8. The Morgan fingerprint density at radius 2 is 1.83 bits per heavy atom. The minimum Gasteiger partial charge on any atom is -0.355 e. The smallest absolute Gasteiger partial charge is 0.230 e. The third kappa shape index (κ3) is 4.21. The van der Waals surface area contributed by atoms with E-state index in [0.717, 1.165) is 12.8 Å². The van der Waals surface area contributed by atoms with Gasteiger partial charge in [0.25, 0.3) is 0 Å². The first-order valence-corrected chi connectivity index (χ1v) is 9.08. The molecule has 3 nitrogen and oxygen atoms in total. The molecule has 124 valence electrons. The monoisotopic (exact) mass is 313 g/mol. The second-order valence-electron chi connectivity index (χ2n) is 7.18. The van der Waals surface area contributed by atoms with Crippen molar-refractivity contribution in [1.82, 2.24) is 5.32 Å². The third-order valence-electron chi connectivity index (χ3n) is 5.50. The maximum absolute atomic E-state index is 12.6. The van der Waals surface area contributed by atoms with Gasteiger partial charge in [-0.2, -0.15) is 0 Å². The largest absolute Gasteiger partial charge is 0.355 e. The van der Waals surface area contributed by atoms with Crippen molar-refractivity contribution < 1.29 is 9.59 Å². The predicted octanol–water partition coefficient (Wildman–Crippen LogP) is 3.52. The average Bonchev–Trinajstić information content (AvgIpc) is 2.95. The Hall–Kier alpha value is -1.64. The molecular formula is C20H27NO2. The predicted molar refractivity (Wildman–Crippen MR) is 91.0 cm³/mol. The standard InChI is InChI=1S/C20H27NO2/c22-18(12-11-15-7-3-1-4-8-15)19-17(14-21-20(19)23)13-16-9-5-2-6-10-16/h2,5-6,9-10,15,17,19H,1,3-4,7-8,11-14H2,(H,21,23)/t17?,19-/m1/s1. The lowest BCUT2D eigenvalue weighted by Gasteiger charge is -2.22. The summed E-state index contributed by atoms with van der Waals surface area (Å²) < 4.78 is 0. The van der Waals surface area contributed by atoms with Crippen molar-refractivity contribution in [2.75, 3.05) is 6.54 Å². The molecule has 2 fully saturated rings. The number of hydrogen-bond acceptors (Lipinski definition) is 2. The van der Waals surface area contributed by atoms with Crippen LogP contribution in [0.25, 0.3) is 0 Å². The molecule has 0 bridgehead atoms. The van der Waals surface area contributed by atoms with Gasteiger partial charge in [0.15, 0.2) is 0 Å². The Morgan fingerprint density at radius 1 is 1.09 bits per heavy atom. The van der Waals surface area contributed by atoms with Gasteiger partial charge in [0.1, 0.15) is 11.7 Å². The van der Waals surface area contributed by atoms with E-state index in [4.69, 9.17) is 0 Å². The van der Waals surface area contributed by atoms with E-state index in [9.17, 15) is 9.59 Å². The van der Waals surface area contributed by atoms with E-state index in [1.807, 2.05) is 18.2 Å². The van der Waals surface area contributed by atoms with Crippen LogP contribution >= 0.6 is 0 Å². The Bertz CT molecular complexity index is 534. The van der Waals surface area contributed by atoms with Crippen molar-refractivity contribution in [2.45, 2.75) is 51.4 Å². The molecule has 1 aromatic rings. The van der Waals surface area contributed by atoms with Crippen molar-refractivity contribution >= 4 is 11.7 Å². The van der Waals surface area contributed by atoms with Crippen molar-refractivity contribution in [1.29, 1.82) is 0 Å². The van der Waals surface area contributed by atoms with Crippen LogP contribution in [0.4, 0.5) is 0 Å². The zero-order chi connectivity index (χ0) is 16.1. The van der Waals surface area contributed by atoms with Gasteiger partial charge in [-0.05, 0) is 30.2 Å². The number of carbonyl (C=O) groups is 2. The summed E-state index contributed by atoms with van der Waals surface area (Å²) in [5, 5.41) is 2.90. The lowest BCUT2D eigenvalue weighted by molar-refractivity contribution is -0.133. The number of ketones is 1. The summed E-state index contributed by atoms with van der Waals surface area (Å²) in [6.07, 6.45) is 8.83. The van der Waals surface area contributed by atoms with E-state index < -0.39 is 5.92 Å². The molecule has 1 heterocycles. The van der Waals surface area contributed by atoms with Crippen LogP contribution < -0.4 is 5.32 Å². The van der Waals surface area contributed by atoms with Crippen LogP contribution in [0.15, 0.2) is 30.3 Å². The summed E-state index contributed by atoms with van der Waals surface area (Å²) in [7, 11) is 0. The summed E-state index contributed by atoms with van der Waals surface area (Å²) >= 11 is 0. The molecule has 1 aromatic carbocycles. The van der Waals surface area contributed by atoms with E-state index in [1.165, 1.54) is 37.7 Å². The van der Waals surface area contributed by atoms with Crippen LogP contribution in [0, 0.1) is 17.8 Å². The van der Waals surface area contributed by atoms with Crippen LogP contribution in [0.3, 0.4) is 0 Å². The summed E-state index contributed by atoms with van der Waals surface area (Å²) in [5.74, 6) is 0.485. The van der Waals surface area contributed by atoms with Crippen LogP contribution in [0.1, 0.15) is 50.5 Å². The second-order valence-corrected chi connectivity index (χ2v) is 7.18. The van der Waals surface area contributed by atoms with E-state index in [0.29, 0.717) is 18.9 Å². The van der Waals surface area contributed by atoms with Gasteiger partial charge in [0.2, 0.25) is 5.91 Å². The minimum atomic E-state index is -0.432. The number of Topliss-reactive ketones (excluding diaryl/α,β-unsaturated/α-hetero) is 1. The van der Waals surface area contributed by atoms with Gasteiger partial charge in [0.05, 0.1) is 0 Å². The lowest BCUT2D eigenvalue weighted by Crippen LogP contribution is -2.29. The van der Waals surface area contributed by atoms with Gasteiger partial charge in [-0.1, -0.05) is 62.4 Å². The molecule has 1 amide bonds. The van der Waals surface area contributed by atoms with Gasteiger partial charge in [-0.15, -0.1) is 0 Å². The minimum absolute atomic E-state index is 0.0559. The Morgan fingerprint density at radius 3 is 2.57 bits per heavy atom. The van der Waals surface area contributed by atoms with Crippen LogP contribution in [0.5, 0.6) is 0 Å². The Labute approximate surface area is 138 Å². The molecule has 0 radical (unpaired) electrons. The highest BCUT2D eigenvalue weighted by Crippen LogP contribution is 2.30. The molecule has 0 aromatic heterocycles. The highest BCUT2D eigenvalue weighted by atomic mass is 16.2. The molecule has 3 heteroatoms. The maximum Gasteiger partial charge on any atom is 0.230 e. The SMILES string of the molecule is O=C(CCC1CCCCC1)[C@@H]1C(=O)NCC1Cc1ccccc1. The zero-order valence-corrected chi connectivity index (χ0v) is 13.8. The topological polar surface area (TPSA) is 46.2 Å². The maximum atomic E-state index is 12.6. The molecule has 0 spiro atoms. The van der Waals surface area contributed by atoms with Gasteiger partial charge >= 0.3 is 0 Å². The second kappa shape index (κ2) is 7.76. The summed E-state index contributed by atoms with van der Waals surface area (Å²) in [5.41, 5.74) is 1.21. The molecular weight excluding hydrogens is 286 g/mol. The highest BCUT2D eigenvalue weighted by molar-refractivity contribution is 6.03. The van der Waals surface area contributed by atoms with Crippen molar-refractivity contribution in [2.24, 2.45) is 17.8 Å². The molecule has 23 heavy (non-hydrogen) atoms. The number of carbonyl (C=O) groups excluding carboxylic acids is 2. The normalized spacial score (nSPS) is 25.3. The van der Waals surface area contributed by atoms with Gasteiger partial charge in [-0.3, -0.25) is 9.59 Å². The molecule has 2 aliphatic rings. The number of nitrogens with one attached hydrogen (secondary N) is 1. The number of amides is 1. The first-order chi connectivity index (χ1) is 11.2. The Balaban J connectivity index is 1.56. The van der Waals surface area contributed by atoms with Gasteiger partial charge < -0.3 is 5.32 Å². The highest BCUT2D eigenvalue weighted by Gasteiger charge is 2.39. The molecule has 1 saturated carbocycles. The van der Waals surface area contributed by atoms with Crippen molar-refractivity contribution in [3.05, 3.63) is 35.9 Å². The number of benzene rings is 1. The first kappa shape index (κ1) is 16.2. The fourth-order valence-electron chi connectivity index (χ4n) is 4.17. The van der Waals surface area contributed by atoms with Crippen LogP contribution in [-0.2, 0) is 16.0 Å². The average molecular weight is 313 g/mol. The first-order valence-electron chi connectivity index (χ1n) is 9.08. The quantitative estimate of drug-likeness (QED) is 0.817. The van der Waals surface area contributed by atoms with Crippen molar-refractivity contribution in [3.63, 3.8) is 0 Å². The van der Waals surface area contributed by atoms with E-state index in [1.54, 1.807) is 0 Å². The fourth-order valence-corrected chi connectivity index (χ4v) is 4.17. The van der Waals surface area contributed by atoms with Gasteiger partial charge in [-0.25, -0.2) is 0 Å². The van der Waals surface area contributed by atoms with E-state index >= 15 is 0 Å². The fraction of sp³-hybridized carbons (Fsp3) is 0.600. The summed E-state index contributed by atoms with van der Waals surface area (Å²) in [6.45, 7) is 0.633. The molecule has 3 rings (SSSR count). The zero-order valence-electron chi connectivity index (χ0n) is 13.8. The molecule has 1 aliphatic heterocycles. The Kier molecular flexibility index (Phi) is 5.47. The summed E-state index contributed by atoms with van der Waals surface area (Å²) in [6, 6.07) is 10.2. The van der Waals surface area contributed by atoms with Gasteiger partial charge in [0, 0.05) is 13.0 Å². The number of rotatable bonds is 6. The van der Waals surface area contributed by atoms with E-state index in [2.05, 4.69) is 17.4 Å². The third-order valence-corrected chi connectivity index (χ3v) is 5.50. The molecule has 1 unspecified atom stereocenters. The van der Waals surface area contributed by atoms with Crippen LogP contribution in [0.2, 0.25) is 0 Å². The van der Waals surface area contributed by atoms with Crippen LogP contribution in [-0.4, -0.2) is 18.2 Å². The lowest BCUT2D eigenvalue weighted by atomic mass is 9.81. The molecule has 1 saturated heterocycles. The molecule has 2 atom stereocenters. The van der Waals surface area contributed by atoms with Crippen molar-refractivity contribution in [3.8, 4) is 0 Å². The molecule has 1 N–H and O–H groups in total. The van der Waals surface area contributed by atoms with E-state index in [-0.39, 0.29) is 17.6 Å². The molecule has 1 aliphatic carbocycles. The number of hydrogen-bond donors (Lipinski definition) is 1.